The van der Waals surface area contributed by atoms with E-state index >= 15 is 0 Å². The second-order valence-corrected chi connectivity index (χ2v) is 7.43. The van der Waals surface area contributed by atoms with Gasteiger partial charge in [0.1, 0.15) is 0 Å². The van der Waals surface area contributed by atoms with Gasteiger partial charge in [-0.3, -0.25) is 4.90 Å². The number of methoxy groups -OCH3 is 1. The summed E-state index contributed by atoms with van der Waals surface area (Å²) in [5.41, 5.74) is 2.15. The summed E-state index contributed by atoms with van der Waals surface area (Å²) in [4.78, 5) is 2.30. The van der Waals surface area contributed by atoms with Crippen LogP contribution >= 0.6 is 0 Å². The van der Waals surface area contributed by atoms with Gasteiger partial charge in [-0.1, -0.05) is 42.5 Å². The molecule has 0 unspecified atom stereocenters. The van der Waals surface area contributed by atoms with Crippen LogP contribution in [0, 0.1) is 0 Å². The molecule has 0 radical (unpaired) electrons. The fraction of sp³-hybridized carbons (Fsp3) is 0.333. The van der Waals surface area contributed by atoms with Crippen LogP contribution in [-0.2, 0) is 14.8 Å². The Balaban J connectivity index is 2.10. The highest BCUT2D eigenvalue weighted by Crippen LogP contribution is 2.24. The third-order valence-electron chi connectivity index (χ3n) is 4.26. The molecule has 0 aliphatic heterocycles. The van der Waals surface area contributed by atoms with Gasteiger partial charge in [-0.25, -0.2) is 13.6 Å². The lowest BCUT2D eigenvalue weighted by Crippen LogP contribution is -2.28. The van der Waals surface area contributed by atoms with Crippen LogP contribution in [0.1, 0.15) is 30.2 Å². The zero-order valence-electron chi connectivity index (χ0n) is 14.2. The Morgan fingerprint density at radius 2 is 1.62 bits per heavy atom. The van der Waals surface area contributed by atoms with Gasteiger partial charge in [0.15, 0.2) is 0 Å². The second-order valence-electron chi connectivity index (χ2n) is 5.86. The van der Waals surface area contributed by atoms with Crippen molar-refractivity contribution in [3.8, 4) is 0 Å². The van der Waals surface area contributed by atoms with Crippen LogP contribution in [-0.4, -0.2) is 34.0 Å². The molecule has 130 valence electrons. The molecule has 2 aromatic rings. The van der Waals surface area contributed by atoms with Crippen molar-refractivity contribution in [3.05, 3.63) is 65.7 Å². The van der Waals surface area contributed by atoms with Crippen LogP contribution in [0.2, 0.25) is 0 Å². The van der Waals surface area contributed by atoms with E-state index in [9.17, 15) is 8.42 Å². The van der Waals surface area contributed by atoms with Crippen LogP contribution in [0.3, 0.4) is 0 Å². The molecule has 0 saturated carbocycles. The van der Waals surface area contributed by atoms with E-state index in [0.717, 1.165) is 17.7 Å². The van der Waals surface area contributed by atoms with E-state index < -0.39 is 10.0 Å². The first-order valence-electron chi connectivity index (χ1n) is 7.73. The van der Waals surface area contributed by atoms with Crippen LogP contribution in [0.25, 0.3) is 0 Å². The molecular formula is C18H24N2O3S. The SMILES string of the molecule is CO[C@H](CN(C)[C@@H](C)c1ccc(S(N)(=O)=O)cc1)c1ccccc1. The number of benzene rings is 2. The molecule has 0 saturated heterocycles. The lowest BCUT2D eigenvalue weighted by Gasteiger charge is -2.29. The number of nitrogens with two attached hydrogens (primary N) is 1. The number of sulfonamides is 1. The third kappa shape index (κ3) is 4.64. The zero-order chi connectivity index (χ0) is 17.7. The van der Waals surface area contributed by atoms with E-state index in [1.807, 2.05) is 37.4 Å². The highest BCUT2D eigenvalue weighted by Gasteiger charge is 2.18. The molecule has 6 heteroatoms. The summed E-state index contributed by atoms with van der Waals surface area (Å²) in [5, 5.41) is 5.14. The number of hydrogen-bond donors (Lipinski definition) is 1. The zero-order valence-corrected chi connectivity index (χ0v) is 15.0. The Hall–Kier alpha value is -1.73. The van der Waals surface area contributed by atoms with Crippen molar-refractivity contribution in [3.63, 3.8) is 0 Å². The van der Waals surface area contributed by atoms with Crippen molar-refractivity contribution in [2.75, 3.05) is 20.7 Å². The molecule has 0 aliphatic carbocycles. The van der Waals surface area contributed by atoms with Gasteiger partial charge in [0.25, 0.3) is 0 Å². The predicted octanol–water partition coefficient (Wildman–Crippen LogP) is 2.71. The van der Waals surface area contributed by atoms with Crippen molar-refractivity contribution >= 4 is 10.0 Å². The summed E-state index contributed by atoms with van der Waals surface area (Å²) in [5.74, 6) is 0. The van der Waals surface area contributed by atoms with E-state index in [0.29, 0.717) is 0 Å². The number of ether oxygens (including phenoxy) is 1. The average molecular weight is 348 g/mol. The molecule has 0 amide bonds. The minimum absolute atomic E-state index is 0.0256. The fourth-order valence-corrected chi connectivity index (χ4v) is 3.11. The Morgan fingerprint density at radius 1 is 1.04 bits per heavy atom. The molecule has 0 aliphatic rings. The van der Waals surface area contributed by atoms with Gasteiger partial charge >= 0.3 is 0 Å². The quantitative estimate of drug-likeness (QED) is 0.835. The molecular weight excluding hydrogens is 324 g/mol. The van der Waals surface area contributed by atoms with Crippen LogP contribution in [0.15, 0.2) is 59.5 Å². The summed E-state index contributed by atoms with van der Waals surface area (Å²) in [7, 11) is 0.0684. The summed E-state index contributed by atoms with van der Waals surface area (Å²) >= 11 is 0. The summed E-state index contributed by atoms with van der Waals surface area (Å²) in [6, 6.07) is 16.9. The monoisotopic (exact) mass is 348 g/mol. The number of primary sulfonamides is 1. The Bertz CT molecular complexity index is 746. The maximum Gasteiger partial charge on any atom is 0.238 e. The van der Waals surface area contributed by atoms with Gasteiger partial charge in [-0.05, 0) is 37.2 Å². The molecule has 0 bridgehead atoms. The van der Waals surface area contributed by atoms with Gasteiger partial charge in [0, 0.05) is 19.7 Å². The Kier molecular flexibility index (Phi) is 6.12. The average Bonchev–Trinajstić information content (AvgIpc) is 2.59. The van der Waals surface area contributed by atoms with E-state index in [-0.39, 0.29) is 17.0 Å². The smallest absolute Gasteiger partial charge is 0.238 e. The molecule has 0 spiro atoms. The maximum absolute atomic E-state index is 11.3. The van der Waals surface area contributed by atoms with E-state index in [4.69, 9.17) is 9.88 Å². The van der Waals surface area contributed by atoms with Gasteiger partial charge in [0.2, 0.25) is 10.0 Å². The van der Waals surface area contributed by atoms with Crippen molar-refractivity contribution in [2.45, 2.75) is 24.0 Å². The van der Waals surface area contributed by atoms with E-state index in [1.54, 1.807) is 31.4 Å². The fourth-order valence-electron chi connectivity index (χ4n) is 2.59. The van der Waals surface area contributed by atoms with Crippen molar-refractivity contribution in [1.82, 2.24) is 4.90 Å². The maximum atomic E-state index is 11.3. The molecule has 0 aromatic heterocycles. The molecule has 2 aromatic carbocycles. The van der Waals surface area contributed by atoms with Crippen LogP contribution < -0.4 is 5.14 Å². The standard InChI is InChI=1S/C18H24N2O3S/c1-14(15-9-11-17(12-10-15)24(19,21)22)20(2)13-18(23-3)16-7-5-4-6-8-16/h4-12,14,18H,13H2,1-3H3,(H2,19,21,22)/t14-,18+/m0/s1. The lowest BCUT2D eigenvalue weighted by molar-refractivity contribution is 0.0606. The topological polar surface area (TPSA) is 72.6 Å². The molecule has 5 nitrogen and oxygen atoms in total. The molecule has 2 atom stereocenters. The van der Waals surface area contributed by atoms with E-state index in [1.165, 1.54) is 0 Å². The van der Waals surface area contributed by atoms with Crippen LogP contribution in [0.4, 0.5) is 0 Å². The second kappa shape index (κ2) is 7.90. The van der Waals surface area contributed by atoms with Gasteiger partial charge in [0.05, 0.1) is 11.0 Å². The number of nitrogens with zero attached hydrogens (tertiary/aromatic N) is 1. The van der Waals surface area contributed by atoms with Gasteiger partial charge < -0.3 is 4.74 Å². The minimum Gasteiger partial charge on any atom is -0.375 e. The molecule has 24 heavy (non-hydrogen) atoms. The number of likely N-dealkylation sites (N-methyl/N-ethyl adjacent to an activating group) is 1. The first-order chi connectivity index (χ1) is 11.3. The number of hydrogen-bond acceptors (Lipinski definition) is 4. The summed E-state index contributed by atoms with van der Waals surface area (Å²) in [6.07, 6.45) is -0.0256. The Morgan fingerprint density at radius 3 is 2.12 bits per heavy atom. The first-order valence-corrected chi connectivity index (χ1v) is 9.28. The van der Waals surface area contributed by atoms with Crippen LogP contribution in [0.5, 0.6) is 0 Å². The molecule has 0 heterocycles. The molecule has 0 fully saturated rings. The third-order valence-corrected chi connectivity index (χ3v) is 5.19. The Labute approximate surface area is 144 Å². The number of rotatable bonds is 7. The normalized spacial score (nSPS) is 14.5. The molecule has 2 N–H and O–H groups in total. The van der Waals surface area contributed by atoms with Crippen molar-refractivity contribution < 1.29 is 13.2 Å². The summed E-state index contributed by atoms with van der Waals surface area (Å²) in [6.45, 7) is 2.79. The molecule has 2 rings (SSSR count). The van der Waals surface area contributed by atoms with Crippen molar-refractivity contribution in [1.29, 1.82) is 0 Å². The van der Waals surface area contributed by atoms with Gasteiger partial charge in [-0.15, -0.1) is 0 Å². The highest BCUT2D eigenvalue weighted by atomic mass is 32.2. The lowest BCUT2D eigenvalue weighted by atomic mass is 10.1. The minimum atomic E-state index is -3.66. The summed E-state index contributed by atoms with van der Waals surface area (Å²) < 4.78 is 28.3. The first kappa shape index (κ1) is 18.6. The largest absolute Gasteiger partial charge is 0.375 e. The highest BCUT2D eigenvalue weighted by molar-refractivity contribution is 7.89. The predicted molar refractivity (Wildman–Crippen MR) is 95.1 cm³/mol. The van der Waals surface area contributed by atoms with Gasteiger partial charge in [-0.2, -0.15) is 0 Å². The van der Waals surface area contributed by atoms with E-state index in [2.05, 4.69) is 11.8 Å². The van der Waals surface area contributed by atoms with Crippen molar-refractivity contribution in [2.24, 2.45) is 5.14 Å².